The van der Waals surface area contributed by atoms with Gasteiger partial charge in [-0.2, -0.15) is 0 Å². The molecule has 0 radical (unpaired) electrons. The number of amides is 1. The van der Waals surface area contributed by atoms with Crippen LogP contribution in [0.25, 0.3) is 0 Å². The SMILES string of the molecule is CC(=O)Nc1ncc(CN2CCC(C)C2)s1. The standard InChI is InChI=1S/C11H17N3OS/c1-8-3-4-14(6-8)7-10-5-12-11(16-10)13-9(2)15/h5,8H,3-4,6-7H2,1-2H3,(H,12,13,15). The second kappa shape index (κ2) is 4.93. The first kappa shape index (κ1) is 11.5. The van der Waals surface area contributed by atoms with Gasteiger partial charge in [-0.25, -0.2) is 4.98 Å². The van der Waals surface area contributed by atoms with Crippen molar-refractivity contribution < 1.29 is 4.79 Å². The zero-order chi connectivity index (χ0) is 11.5. The number of carbonyl (C=O) groups excluding carboxylic acids is 1. The minimum atomic E-state index is -0.0595. The van der Waals surface area contributed by atoms with Crippen LogP contribution in [0.4, 0.5) is 5.13 Å². The van der Waals surface area contributed by atoms with E-state index in [2.05, 4.69) is 22.1 Å². The number of likely N-dealkylation sites (tertiary alicyclic amines) is 1. The summed E-state index contributed by atoms with van der Waals surface area (Å²) in [4.78, 5) is 18.7. The van der Waals surface area contributed by atoms with Crippen LogP contribution in [0.15, 0.2) is 6.20 Å². The smallest absolute Gasteiger partial charge is 0.223 e. The largest absolute Gasteiger partial charge is 0.302 e. The van der Waals surface area contributed by atoms with Gasteiger partial charge < -0.3 is 5.32 Å². The molecular weight excluding hydrogens is 222 g/mol. The molecule has 1 aromatic rings. The van der Waals surface area contributed by atoms with Crippen LogP contribution in [-0.2, 0) is 11.3 Å². The summed E-state index contributed by atoms with van der Waals surface area (Å²) in [5.74, 6) is 0.749. The molecule has 88 valence electrons. The Morgan fingerprint density at radius 1 is 1.75 bits per heavy atom. The average molecular weight is 239 g/mol. The van der Waals surface area contributed by atoms with Crippen molar-refractivity contribution in [2.24, 2.45) is 5.92 Å². The van der Waals surface area contributed by atoms with E-state index >= 15 is 0 Å². The van der Waals surface area contributed by atoms with Crippen molar-refractivity contribution in [1.29, 1.82) is 0 Å². The molecule has 1 aliphatic heterocycles. The second-order valence-corrected chi connectivity index (χ2v) is 5.56. The molecule has 2 rings (SSSR count). The van der Waals surface area contributed by atoms with Gasteiger partial charge >= 0.3 is 0 Å². The predicted octanol–water partition coefficient (Wildman–Crippen LogP) is 1.94. The van der Waals surface area contributed by atoms with E-state index < -0.39 is 0 Å². The molecule has 1 fully saturated rings. The molecule has 16 heavy (non-hydrogen) atoms. The predicted molar refractivity (Wildman–Crippen MR) is 65.5 cm³/mol. The Bertz CT molecular complexity index is 377. The average Bonchev–Trinajstić information content (AvgIpc) is 2.76. The summed E-state index contributed by atoms with van der Waals surface area (Å²) in [5.41, 5.74) is 0. The summed E-state index contributed by atoms with van der Waals surface area (Å²) in [6, 6.07) is 0. The summed E-state index contributed by atoms with van der Waals surface area (Å²) in [6.45, 7) is 7.10. The van der Waals surface area contributed by atoms with Crippen LogP contribution >= 0.6 is 11.3 Å². The van der Waals surface area contributed by atoms with E-state index in [9.17, 15) is 4.79 Å². The maximum atomic E-state index is 10.9. The minimum absolute atomic E-state index is 0.0595. The minimum Gasteiger partial charge on any atom is -0.302 e. The molecule has 2 heterocycles. The van der Waals surface area contributed by atoms with Crippen LogP contribution in [-0.4, -0.2) is 28.9 Å². The summed E-state index contributed by atoms with van der Waals surface area (Å²) >= 11 is 1.56. The Balaban J connectivity index is 1.90. The lowest BCUT2D eigenvalue weighted by Gasteiger charge is -2.12. The normalized spacial score (nSPS) is 21.2. The zero-order valence-electron chi connectivity index (χ0n) is 9.69. The molecular formula is C11H17N3OS. The summed E-state index contributed by atoms with van der Waals surface area (Å²) in [5, 5.41) is 3.41. The highest BCUT2D eigenvalue weighted by molar-refractivity contribution is 7.15. The van der Waals surface area contributed by atoms with E-state index in [1.807, 2.05) is 6.20 Å². The third-order valence-electron chi connectivity index (χ3n) is 2.72. The van der Waals surface area contributed by atoms with Crippen molar-refractivity contribution in [2.75, 3.05) is 18.4 Å². The number of nitrogens with zero attached hydrogens (tertiary/aromatic N) is 2. The molecule has 1 aliphatic rings. The highest BCUT2D eigenvalue weighted by atomic mass is 32.1. The van der Waals surface area contributed by atoms with Crippen molar-refractivity contribution in [2.45, 2.75) is 26.8 Å². The van der Waals surface area contributed by atoms with Crippen LogP contribution in [0.1, 0.15) is 25.1 Å². The first-order valence-corrected chi connectivity index (χ1v) is 6.40. The van der Waals surface area contributed by atoms with Gasteiger partial charge in [0.2, 0.25) is 5.91 Å². The van der Waals surface area contributed by atoms with Crippen LogP contribution in [0.2, 0.25) is 0 Å². The molecule has 1 atom stereocenters. The highest BCUT2D eigenvalue weighted by Crippen LogP contribution is 2.23. The molecule has 1 N–H and O–H groups in total. The fraction of sp³-hybridized carbons (Fsp3) is 0.636. The van der Waals surface area contributed by atoms with Gasteiger partial charge in [-0.05, 0) is 18.9 Å². The summed E-state index contributed by atoms with van der Waals surface area (Å²) in [6.07, 6.45) is 3.15. The van der Waals surface area contributed by atoms with Gasteiger partial charge in [-0.15, -0.1) is 11.3 Å². The number of nitrogens with one attached hydrogen (secondary N) is 1. The van der Waals surface area contributed by atoms with Gasteiger partial charge in [-0.3, -0.25) is 9.69 Å². The van der Waals surface area contributed by atoms with E-state index in [-0.39, 0.29) is 5.91 Å². The van der Waals surface area contributed by atoms with Gasteiger partial charge in [0.1, 0.15) is 0 Å². The number of carbonyl (C=O) groups is 1. The third kappa shape index (κ3) is 3.02. The van der Waals surface area contributed by atoms with Crippen LogP contribution in [0.3, 0.4) is 0 Å². The molecule has 1 amide bonds. The van der Waals surface area contributed by atoms with Crippen molar-refractivity contribution in [3.63, 3.8) is 0 Å². The number of hydrogen-bond donors (Lipinski definition) is 1. The van der Waals surface area contributed by atoms with Crippen molar-refractivity contribution >= 4 is 22.4 Å². The number of rotatable bonds is 3. The second-order valence-electron chi connectivity index (χ2n) is 4.44. The number of aromatic nitrogens is 1. The quantitative estimate of drug-likeness (QED) is 0.876. The Labute approximate surface area is 99.7 Å². The molecule has 0 aliphatic carbocycles. The van der Waals surface area contributed by atoms with Crippen molar-refractivity contribution in [3.05, 3.63) is 11.1 Å². The fourth-order valence-electron chi connectivity index (χ4n) is 1.98. The lowest BCUT2D eigenvalue weighted by atomic mass is 10.2. The Morgan fingerprint density at radius 2 is 2.56 bits per heavy atom. The monoisotopic (exact) mass is 239 g/mol. The van der Waals surface area contributed by atoms with E-state index in [0.29, 0.717) is 5.13 Å². The Morgan fingerprint density at radius 3 is 3.19 bits per heavy atom. The molecule has 0 spiro atoms. The van der Waals surface area contributed by atoms with Gasteiger partial charge in [0.15, 0.2) is 5.13 Å². The van der Waals surface area contributed by atoms with Gasteiger partial charge in [0.05, 0.1) is 0 Å². The molecule has 0 bridgehead atoms. The fourth-order valence-corrected chi connectivity index (χ4v) is 2.88. The van der Waals surface area contributed by atoms with E-state index in [0.717, 1.165) is 12.5 Å². The van der Waals surface area contributed by atoms with Crippen LogP contribution in [0.5, 0.6) is 0 Å². The zero-order valence-corrected chi connectivity index (χ0v) is 10.5. The lowest BCUT2D eigenvalue weighted by molar-refractivity contribution is -0.114. The molecule has 1 unspecified atom stereocenters. The van der Waals surface area contributed by atoms with Gasteiger partial charge in [0.25, 0.3) is 0 Å². The van der Waals surface area contributed by atoms with Crippen molar-refractivity contribution in [1.82, 2.24) is 9.88 Å². The molecule has 1 saturated heterocycles. The number of thiazole rings is 1. The van der Waals surface area contributed by atoms with Crippen LogP contribution < -0.4 is 5.32 Å². The van der Waals surface area contributed by atoms with Crippen LogP contribution in [0, 0.1) is 5.92 Å². The van der Waals surface area contributed by atoms with E-state index in [1.54, 1.807) is 11.3 Å². The van der Waals surface area contributed by atoms with Gasteiger partial charge in [0, 0.05) is 31.1 Å². The topological polar surface area (TPSA) is 45.2 Å². The highest BCUT2D eigenvalue weighted by Gasteiger charge is 2.19. The molecule has 0 aromatic carbocycles. The Hall–Kier alpha value is -0.940. The van der Waals surface area contributed by atoms with Gasteiger partial charge in [-0.1, -0.05) is 6.92 Å². The molecule has 4 nitrogen and oxygen atoms in total. The summed E-state index contributed by atoms with van der Waals surface area (Å²) < 4.78 is 0. The maximum absolute atomic E-state index is 10.9. The third-order valence-corrected chi connectivity index (χ3v) is 3.62. The first-order valence-electron chi connectivity index (χ1n) is 5.58. The number of hydrogen-bond acceptors (Lipinski definition) is 4. The van der Waals surface area contributed by atoms with E-state index in [4.69, 9.17) is 0 Å². The molecule has 0 saturated carbocycles. The number of anilines is 1. The lowest BCUT2D eigenvalue weighted by Crippen LogP contribution is -2.18. The molecule has 1 aromatic heterocycles. The van der Waals surface area contributed by atoms with E-state index in [1.165, 1.54) is 31.3 Å². The first-order chi connectivity index (χ1) is 7.63. The maximum Gasteiger partial charge on any atom is 0.223 e. The van der Waals surface area contributed by atoms with Crippen molar-refractivity contribution in [3.8, 4) is 0 Å². The molecule has 5 heteroatoms. The Kier molecular flexibility index (Phi) is 3.56. The summed E-state index contributed by atoms with van der Waals surface area (Å²) in [7, 11) is 0.